The van der Waals surface area contributed by atoms with Crippen LogP contribution in [0.25, 0.3) is 11.1 Å². The molecule has 8 heteroatoms. The SMILES string of the molecule is CNC(=O)c1ccc(N(C)C(=O)c2cc3c(s2)CCOc2cc(C#N)ccc2-3)c(Cl)c1. The number of amides is 2. The van der Waals surface area contributed by atoms with Gasteiger partial charge >= 0.3 is 0 Å². The van der Waals surface area contributed by atoms with E-state index in [2.05, 4.69) is 11.4 Å². The summed E-state index contributed by atoms with van der Waals surface area (Å²) in [6.45, 7) is 0.478. The zero-order valence-corrected chi connectivity index (χ0v) is 18.4. The third-order valence-electron chi connectivity index (χ3n) is 5.11. The number of nitrogens with one attached hydrogen (secondary N) is 1. The van der Waals surface area contributed by atoms with Gasteiger partial charge in [0, 0.05) is 42.1 Å². The summed E-state index contributed by atoms with van der Waals surface area (Å²) in [6.07, 6.45) is 0.676. The molecule has 0 aliphatic carbocycles. The molecule has 1 aliphatic rings. The maximum atomic E-state index is 13.2. The molecule has 2 aromatic carbocycles. The lowest BCUT2D eigenvalue weighted by Crippen LogP contribution is -2.26. The molecule has 156 valence electrons. The van der Waals surface area contributed by atoms with Crippen molar-refractivity contribution in [1.82, 2.24) is 5.32 Å². The Morgan fingerprint density at radius 1 is 1.19 bits per heavy atom. The van der Waals surface area contributed by atoms with E-state index in [1.165, 1.54) is 16.2 Å². The van der Waals surface area contributed by atoms with Gasteiger partial charge in [-0.3, -0.25) is 9.59 Å². The van der Waals surface area contributed by atoms with Crippen LogP contribution >= 0.6 is 22.9 Å². The lowest BCUT2D eigenvalue weighted by Gasteiger charge is -2.18. The topological polar surface area (TPSA) is 82.4 Å². The van der Waals surface area contributed by atoms with E-state index in [1.54, 1.807) is 44.4 Å². The second kappa shape index (κ2) is 8.42. The molecule has 0 fully saturated rings. The Morgan fingerprint density at radius 2 is 2.00 bits per heavy atom. The summed E-state index contributed by atoms with van der Waals surface area (Å²) >= 11 is 7.79. The molecule has 0 saturated carbocycles. The summed E-state index contributed by atoms with van der Waals surface area (Å²) in [5.74, 6) is 0.212. The van der Waals surface area contributed by atoms with Gasteiger partial charge in [0.2, 0.25) is 0 Å². The highest BCUT2D eigenvalue weighted by Crippen LogP contribution is 2.41. The quantitative estimate of drug-likeness (QED) is 0.635. The van der Waals surface area contributed by atoms with Crippen molar-refractivity contribution >= 4 is 40.4 Å². The highest BCUT2D eigenvalue weighted by Gasteiger charge is 2.24. The molecule has 3 aromatic rings. The van der Waals surface area contributed by atoms with Gasteiger partial charge < -0.3 is 15.0 Å². The predicted octanol–water partition coefficient (Wildman–Crippen LogP) is 4.51. The van der Waals surface area contributed by atoms with Gasteiger partial charge in [0.05, 0.1) is 33.8 Å². The summed E-state index contributed by atoms with van der Waals surface area (Å²) in [4.78, 5) is 28.1. The Kier molecular flexibility index (Phi) is 5.68. The van der Waals surface area contributed by atoms with Crippen LogP contribution in [0.4, 0.5) is 5.69 Å². The highest BCUT2D eigenvalue weighted by atomic mass is 35.5. The Balaban J connectivity index is 1.67. The molecule has 0 atom stereocenters. The van der Waals surface area contributed by atoms with Crippen LogP contribution in [-0.2, 0) is 6.42 Å². The van der Waals surface area contributed by atoms with E-state index in [1.807, 2.05) is 12.1 Å². The van der Waals surface area contributed by atoms with Gasteiger partial charge in [-0.05, 0) is 42.5 Å². The van der Waals surface area contributed by atoms with Crippen molar-refractivity contribution in [1.29, 1.82) is 5.26 Å². The molecular formula is C23H18ClN3O3S. The molecular weight excluding hydrogens is 434 g/mol. The lowest BCUT2D eigenvalue weighted by molar-refractivity contribution is 0.0962. The second-order valence-electron chi connectivity index (χ2n) is 6.98. The number of thiophene rings is 1. The maximum Gasteiger partial charge on any atom is 0.268 e. The lowest BCUT2D eigenvalue weighted by atomic mass is 10.0. The van der Waals surface area contributed by atoms with E-state index in [4.69, 9.17) is 21.6 Å². The van der Waals surface area contributed by atoms with Crippen LogP contribution in [0.2, 0.25) is 5.02 Å². The molecule has 0 radical (unpaired) electrons. The summed E-state index contributed by atoms with van der Waals surface area (Å²) in [6, 6.07) is 14.2. The molecule has 0 bridgehead atoms. The summed E-state index contributed by atoms with van der Waals surface area (Å²) in [5, 5.41) is 12.0. The van der Waals surface area contributed by atoms with Crippen LogP contribution in [0.3, 0.4) is 0 Å². The molecule has 31 heavy (non-hydrogen) atoms. The van der Waals surface area contributed by atoms with Gasteiger partial charge in [-0.1, -0.05) is 11.6 Å². The number of rotatable bonds is 3. The van der Waals surface area contributed by atoms with Crippen LogP contribution in [0.15, 0.2) is 42.5 Å². The van der Waals surface area contributed by atoms with Crippen LogP contribution in [0.5, 0.6) is 5.75 Å². The molecule has 0 spiro atoms. The number of hydrogen-bond donors (Lipinski definition) is 1. The third kappa shape index (κ3) is 3.88. The van der Waals surface area contributed by atoms with E-state index in [0.29, 0.717) is 45.5 Å². The van der Waals surface area contributed by atoms with Crippen molar-refractivity contribution in [2.75, 3.05) is 25.6 Å². The molecule has 0 saturated heterocycles. The minimum atomic E-state index is -0.245. The average molecular weight is 452 g/mol. The number of fused-ring (bicyclic) bond motifs is 3. The first-order chi connectivity index (χ1) is 14.9. The third-order valence-corrected chi connectivity index (χ3v) is 6.60. The first-order valence-electron chi connectivity index (χ1n) is 9.52. The predicted molar refractivity (Wildman–Crippen MR) is 121 cm³/mol. The monoisotopic (exact) mass is 451 g/mol. The fourth-order valence-electron chi connectivity index (χ4n) is 3.47. The number of nitrogens with zero attached hydrogens (tertiary/aromatic N) is 2. The Bertz CT molecular complexity index is 1250. The van der Waals surface area contributed by atoms with Crippen molar-refractivity contribution in [3.05, 3.63) is 68.4 Å². The largest absolute Gasteiger partial charge is 0.493 e. The van der Waals surface area contributed by atoms with Crippen molar-refractivity contribution in [3.63, 3.8) is 0 Å². The highest BCUT2D eigenvalue weighted by molar-refractivity contribution is 7.14. The molecule has 2 heterocycles. The first-order valence-corrected chi connectivity index (χ1v) is 10.7. The molecule has 1 aliphatic heterocycles. The van der Waals surface area contributed by atoms with Crippen molar-refractivity contribution in [2.24, 2.45) is 0 Å². The van der Waals surface area contributed by atoms with E-state index >= 15 is 0 Å². The van der Waals surface area contributed by atoms with Crippen LogP contribution < -0.4 is 15.0 Å². The number of ether oxygens (including phenoxy) is 1. The van der Waals surface area contributed by atoms with Crippen LogP contribution in [0, 0.1) is 11.3 Å². The Morgan fingerprint density at radius 3 is 2.71 bits per heavy atom. The number of benzene rings is 2. The number of carbonyl (C=O) groups is 2. The summed E-state index contributed by atoms with van der Waals surface area (Å²) in [5.41, 5.74) is 3.29. The zero-order valence-electron chi connectivity index (χ0n) is 16.9. The minimum Gasteiger partial charge on any atom is -0.493 e. The fraction of sp³-hybridized carbons (Fsp3) is 0.174. The van der Waals surface area contributed by atoms with Gasteiger partial charge in [-0.2, -0.15) is 5.26 Å². The van der Waals surface area contributed by atoms with Crippen LogP contribution in [-0.4, -0.2) is 32.5 Å². The van der Waals surface area contributed by atoms with E-state index in [0.717, 1.165) is 16.0 Å². The Hall–Kier alpha value is -3.34. The number of anilines is 1. The normalized spacial score (nSPS) is 11.9. The molecule has 0 unspecified atom stereocenters. The first kappa shape index (κ1) is 20.9. The number of hydrogen-bond acceptors (Lipinski definition) is 5. The van der Waals surface area contributed by atoms with Crippen molar-refractivity contribution in [3.8, 4) is 22.9 Å². The average Bonchev–Trinajstić information content (AvgIpc) is 3.13. The van der Waals surface area contributed by atoms with E-state index < -0.39 is 0 Å². The molecule has 4 rings (SSSR count). The minimum absolute atomic E-state index is 0.191. The fourth-order valence-corrected chi connectivity index (χ4v) is 4.91. The number of halogens is 1. The molecule has 1 N–H and O–H groups in total. The summed E-state index contributed by atoms with van der Waals surface area (Å²) < 4.78 is 5.81. The van der Waals surface area contributed by atoms with Crippen molar-refractivity contribution < 1.29 is 14.3 Å². The standard InChI is InChI=1S/C23H18ClN3O3S/c1-26-22(28)14-4-6-18(17(24)10-14)27(2)23(29)21-11-16-15-5-3-13(12-25)9-19(15)30-8-7-20(16)31-21/h3-6,9-11H,7-8H2,1-2H3,(H,26,28). The van der Waals surface area contributed by atoms with Gasteiger partial charge in [-0.15, -0.1) is 11.3 Å². The summed E-state index contributed by atoms with van der Waals surface area (Å²) in [7, 11) is 3.20. The Labute approximate surface area is 188 Å². The number of carbonyl (C=O) groups excluding carboxylic acids is 2. The number of nitriles is 1. The van der Waals surface area contributed by atoms with E-state index in [9.17, 15) is 9.59 Å². The zero-order chi connectivity index (χ0) is 22.1. The van der Waals surface area contributed by atoms with Gasteiger partial charge in [0.1, 0.15) is 5.75 Å². The molecule has 6 nitrogen and oxygen atoms in total. The van der Waals surface area contributed by atoms with E-state index in [-0.39, 0.29) is 11.8 Å². The smallest absolute Gasteiger partial charge is 0.268 e. The van der Waals surface area contributed by atoms with Crippen molar-refractivity contribution in [2.45, 2.75) is 6.42 Å². The van der Waals surface area contributed by atoms with Crippen LogP contribution in [0.1, 0.15) is 30.5 Å². The maximum absolute atomic E-state index is 13.2. The second-order valence-corrected chi connectivity index (χ2v) is 8.52. The van der Waals surface area contributed by atoms with Gasteiger partial charge in [-0.25, -0.2) is 0 Å². The van der Waals surface area contributed by atoms with Gasteiger partial charge in [0.25, 0.3) is 11.8 Å². The molecule has 2 amide bonds. The molecule has 1 aromatic heterocycles. The van der Waals surface area contributed by atoms with Gasteiger partial charge in [0.15, 0.2) is 0 Å².